The van der Waals surface area contributed by atoms with Crippen LogP contribution in [-0.4, -0.2) is 36.9 Å². The maximum absolute atomic E-state index is 12.1. The molecule has 5 nitrogen and oxygen atoms in total. The molecule has 0 spiro atoms. The summed E-state index contributed by atoms with van der Waals surface area (Å²) in [4.78, 5) is 25.5. The van der Waals surface area contributed by atoms with Crippen LogP contribution in [-0.2, 0) is 16.0 Å². The number of anilines is 1. The van der Waals surface area contributed by atoms with E-state index < -0.39 is 0 Å². The van der Waals surface area contributed by atoms with Gasteiger partial charge in [-0.05, 0) is 43.2 Å². The number of hydrogen-bond donors (Lipinski definition) is 1. The van der Waals surface area contributed by atoms with E-state index in [0.29, 0.717) is 11.4 Å². The Bertz CT molecular complexity index is 709. The Morgan fingerprint density at radius 1 is 1.04 bits per heavy atom. The molecule has 0 atom stereocenters. The number of carbonyl (C=O) groups is 2. The van der Waals surface area contributed by atoms with E-state index in [-0.39, 0.29) is 25.0 Å². The van der Waals surface area contributed by atoms with Gasteiger partial charge in [-0.15, -0.1) is 0 Å². The second kappa shape index (κ2) is 8.87. The summed E-state index contributed by atoms with van der Waals surface area (Å²) in [6.07, 6.45) is 0.956. The van der Waals surface area contributed by atoms with Crippen LogP contribution in [0.4, 0.5) is 5.69 Å². The van der Waals surface area contributed by atoms with Crippen molar-refractivity contribution in [2.75, 3.05) is 25.5 Å². The van der Waals surface area contributed by atoms with Gasteiger partial charge in [0.2, 0.25) is 5.91 Å². The highest BCUT2D eigenvalue weighted by molar-refractivity contribution is 5.94. The maximum Gasteiger partial charge on any atom is 0.260 e. The summed E-state index contributed by atoms with van der Waals surface area (Å²) in [5, 5.41) is 2.77. The predicted octanol–water partition coefficient (Wildman–Crippen LogP) is 3.03. The van der Waals surface area contributed by atoms with E-state index in [1.807, 2.05) is 55.5 Å². The van der Waals surface area contributed by atoms with Crippen molar-refractivity contribution in [1.82, 2.24) is 4.90 Å². The molecule has 0 bridgehead atoms. The van der Waals surface area contributed by atoms with E-state index in [2.05, 4.69) is 12.2 Å². The van der Waals surface area contributed by atoms with Gasteiger partial charge in [-0.2, -0.15) is 0 Å². The van der Waals surface area contributed by atoms with Crippen molar-refractivity contribution in [2.24, 2.45) is 0 Å². The Kier molecular flexibility index (Phi) is 6.57. The van der Waals surface area contributed by atoms with Crippen molar-refractivity contribution in [3.63, 3.8) is 0 Å². The highest BCUT2D eigenvalue weighted by atomic mass is 16.5. The van der Waals surface area contributed by atoms with Gasteiger partial charge in [0.15, 0.2) is 6.61 Å². The zero-order chi connectivity index (χ0) is 18.2. The molecule has 0 heterocycles. The summed E-state index contributed by atoms with van der Waals surface area (Å²) in [6, 6.07) is 15.1. The lowest BCUT2D eigenvalue weighted by atomic mass is 10.2. The van der Waals surface area contributed by atoms with Crippen molar-refractivity contribution in [1.29, 1.82) is 0 Å². The van der Waals surface area contributed by atoms with E-state index in [4.69, 9.17) is 4.74 Å². The zero-order valence-electron chi connectivity index (χ0n) is 14.9. The molecule has 1 N–H and O–H groups in total. The minimum absolute atomic E-state index is 0.0230. The molecule has 5 heteroatoms. The monoisotopic (exact) mass is 340 g/mol. The molecule has 2 amide bonds. The fraction of sp³-hybridized carbons (Fsp3) is 0.300. The molecule has 0 radical (unpaired) electrons. The Hall–Kier alpha value is -2.82. The van der Waals surface area contributed by atoms with Crippen LogP contribution < -0.4 is 10.1 Å². The molecular weight excluding hydrogens is 316 g/mol. The molecule has 0 saturated heterocycles. The number of nitrogens with one attached hydrogen (secondary N) is 1. The molecule has 0 aliphatic carbocycles. The van der Waals surface area contributed by atoms with E-state index in [1.54, 1.807) is 7.05 Å². The lowest BCUT2D eigenvalue weighted by molar-refractivity contribution is -0.135. The molecule has 0 fully saturated rings. The summed E-state index contributed by atoms with van der Waals surface area (Å²) in [7, 11) is 1.58. The number of benzene rings is 2. The first kappa shape index (κ1) is 18.5. The molecule has 0 unspecified atom stereocenters. The first-order valence-corrected chi connectivity index (χ1v) is 8.30. The van der Waals surface area contributed by atoms with Gasteiger partial charge in [-0.25, -0.2) is 0 Å². The standard InChI is InChI=1S/C20H24N2O3/c1-4-16-7-11-18(12-8-16)25-14-20(24)22(3)13-19(23)21-17-9-5-15(2)6-10-17/h5-12H,4,13-14H2,1-3H3,(H,21,23). The van der Waals surface area contributed by atoms with Crippen LogP contribution in [0.1, 0.15) is 18.1 Å². The Labute approximate surface area is 148 Å². The first-order chi connectivity index (χ1) is 12.0. The SMILES string of the molecule is CCc1ccc(OCC(=O)N(C)CC(=O)Nc2ccc(C)cc2)cc1. The van der Waals surface area contributed by atoms with Crippen LogP contribution in [0.2, 0.25) is 0 Å². The third-order valence-electron chi connectivity index (χ3n) is 3.84. The third kappa shape index (κ3) is 5.95. The molecular formula is C20H24N2O3. The fourth-order valence-corrected chi connectivity index (χ4v) is 2.22. The summed E-state index contributed by atoms with van der Waals surface area (Å²) in [5.74, 6) is 0.147. The quantitative estimate of drug-likeness (QED) is 0.843. The topological polar surface area (TPSA) is 58.6 Å². The normalized spacial score (nSPS) is 10.2. The molecule has 2 aromatic rings. The number of nitrogens with zero attached hydrogens (tertiary/aromatic N) is 1. The lowest BCUT2D eigenvalue weighted by Crippen LogP contribution is -2.37. The largest absolute Gasteiger partial charge is 0.484 e. The van der Waals surface area contributed by atoms with Crippen molar-refractivity contribution < 1.29 is 14.3 Å². The number of carbonyl (C=O) groups excluding carboxylic acids is 2. The average molecular weight is 340 g/mol. The van der Waals surface area contributed by atoms with E-state index in [0.717, 1.165) is 12.0 Å². The van der Waals surface area contributed by atoms with Gasteiger partial charge in [0.25, 0.3) is 5.91 Å². The minimum atomic E-state index is -0.251. The molecule has 0 aliphatic rings. The number of amides is 2. The predicted molar refractivity (Wildman–Crippen MR) is 98.8 cm³/mol. The van der Waals surface area contributed by atoms with Gasteiger partial charge >= 0.3 is 0 Å². The van der Waals surface area contributed by atoms with Gasteiger partial charge in [0.1, 0.15) is 5.75 Å². The van der Waals surface area contributed by atoms with E-state index >= 15 is 0 Å². The highest BCUT2D eigenvalue weighted by Crippen LogP contribution is 2.12. The molecule has 2 rings (SSSR count). The molecule has 25 heavy (non-hydrogen) atoms. The second-order valence-corrected chi connectivity index (χ2v) is 5.95. The molecule has 0 aromatic heterocycles. The number of hydrogen-bond acceptors (Lipinski definition) is 3. The number of rotatable bonds is 7. The van der Waals surface area contributed by atoms with Gasteiger partial charge in [0.05, 0.1) is 6.54 Å². The van der Waals surface area contributed by atoms with Crippen LogP contribution in [0.25, 0.3) is 0 Å². The van der Waals surface area contributed by atoms with Crippen LogP contribution in [0.15, 0.2) is 48.5 Å². The van der Waals surface area contributed by atoms with Gasteiger partial charge in [-0.3, -0.25) is 9.59 Å². The highest BCUT2D eigenvalue weighted by Gasteiger charge is 2.13. The number of ether oxygens (including phenoxy) is 1. The Morgan fingerprint density at radius 2 is 1.68 bits per heavy atom. The molecule has 0 saturated carbocycles. The first-order valence-electron chi connectivity index (χ1n) is 8.30. The van der Waals surface area contributed by atoms with Crippen molar-refractivity contribution >= 4 is 17.5 Å². The summed E-state index contributed by atoms with van der Waals surface area (Å²) >= 11 is 0. The number of likely N-dealkylation sites (N-methyl/N-ethyl adjacent to an activating group) is 1. The van der Waals surface area contributed by atoms with Gasteiger partial charge in [0, 0.05) is 12.7 Å². The fourth-order valence-electron chi connectivity index (χ4n) is 2.22. The smallest absolute Gasteiger partial charge is 0.260 e. The van der Waals surface area contributed by atoms with Crippen molar-refractivity contribution in [3.8, 4) is 5.75 Å². The maximum atomic E-state index is 12.1. The molecule has 2 aromatic carbocycles. The third-order valence-corrected chi connectivity index (χ3v) is 3.84. The van der Waals surface area contributed by atoms with E-state index in [1.165, 1.54) is 10.5 Å². The minimum Gasteiger partial charge on any atom is -0.484 e. The lowest BCUT2D eigenvalue weighted by Gasteiger charge is -2.17. The summed E-state index contributed by atoms with van der Waals surface area (Å²) < 4.78 is 5.48. The summed E-state index contributed by atoms with van der Waals surface area (Å²) in [6.45, 7) is 3.94. The van der Waals surface area contributed by atoms with Crippen molar-refractivity contribution in [2.45, 2.75) is 20.3 Å². The molecule has 0 aliphatic heterocycles. The van der Waals surface area contributed by atoms with Crippen molar-refractivity contribution in [3.05, 3.63) is 59.7 Å². The van der Waals surface area contributed by atoms with Gasteiger partial charge < -0.3 is 15.0 Å². The van der Waals surface area contributed by atoms with Crippen LogP contribution in [0.3, 0.4) is 0 Å². The van der Waals surface area contributed by atoms with Crippen LogP contribution in [0.5, 0.6) is 5.75 Å². The van der Waals surface area contributed by atoms with Crippen LogP contribution in [0, 0.1) is 6.92 Å². The molecule has 132 valence electrons. The summed E-state index contributed by atoms with van der Waals surface area (Å²) in [5.41, 5.74) is 3.04. The average Bonchev–Trinajstić information content (AvgIpc) is 2.62. The zero-order valence-corrected chi connectivity index (χ0v) is 14.9. The Morgan fingerprint density at radius 3 is 2.28 bits per heavy atom. The van der Waals surface area contributed by atoms with E-state index in [9.17, 15) is 9.59 Å². The van der Waals surface area contributed by atoms with Gasteiger partial charge in [-0.1, -0.05) is 36.8 Å². The number of aryl methyl sites for hydroxylation is 2. The Balaban J connectivity index is 1.78. The van der Waals surface area contributed by atoms with Crippen LogP contribution >= 0.6 is 0 Å². The second-order valence-electron chi connectivity index (χ2n) is 5.95.